The van der Waals surface area contributed by atoms with Gasteiger partial charge in [0, 0.05) is 43.0 Å². The second-order valence-electron chi connectivity index (χ2n) is 8.37. The van der Waals surface area contributed by atoms with Crippen LogP contribution in [0.25, 0.3) is 22.2 Å². The van der Waals surface area contributed by atoms with Crippen LogP contribution in [-0.2, 0) is 9.84 Å². The molecule has 0 atom stereocenters. The van der Waals surface area contributed by atoms with Crippen molar-refractivity contribution < 1.29 is 13.5 Å². The first-order valence-electron chi connectivity index (χ1n) is 10.2. The highest BCUT2D eigenvalue weighted by molar-refractivity contribution is 7.91. The van der Waals surface area contributed by atoms with Crippen LogP contribution in [0.3, 0.4) is 0 Å². The number of fused-ring (bicyclic) bond motifs is 1. The number of aromatic nitrogens is 3. The highest BCUT2D eigenvalue weighted by atomic mass is 32.2. The number of nitrogens with zero attached hydrogens (tertiary/aromatic N) is 4. The van der Waals surface area contributed by atoms with Gasteiger partial charge in [-0.3, -0.25) is 0 Å². The van der Waals surface area contributed by atoms with E-state index in [1.807, 2.05) is 18.3 Å². The van der Waals surface area contributed by atoms with Crippen LogP contribution in [-0.4, -0.2) is 64.1 Å². The van der Waals surface area contributed by atoms with Gasteiger partial charge in [0.2, 0.25) is 0 Å². The normalized spacial score (nSPS) is 24.0. The summed E-state index contributed by atoms with van der Waals surface area (Å²) in [6.07, 6.45) is 5.53. The third-order valence-electron chi connectivity index (χ3n) is 6.39. The van der Waals surface area contributed by atoms with Crippen LogP contribution < -0.4 is 5.73 Å². The summed E-state index contributed by atoms with van der Waals surface area (Å²) in [4.78, 5) is 10.9. The molecule has 2 fully saturated rings. The van der Waals surface area contributed by atoms with Crippen LogP contribution in [0.15, 0.2) is 36.8 Å². The molecule has 9 heteroatoms. The molecule has 3 heterocycles. The fourth-order valence-corrected chi connectivity index (χ4v) is 5.94. The van der Waals surface area contributed by atoms with Gasteiger partial charge in [-0.25, -0.2) is 18.4 Å². The van der Waals surface area contributed by atoms with Crippen molar-refractivity contribution in [3.05, 3.63) is 36.8 Å². The largest absolute Gasteiger partial charge is 0.507 e. The van der Waals surface area contributed by atoms with E-state index in [4.69, 9.17) is 5.73 Å². The van der Waals surface area contributed by atoms with E-state index < -0.39 is 9.84 Å². The summed E-state index contributed by atoms with van der Waals surface area (Å²) >= 11 is 0. The number of nitrogen functional groups attached to an aromatic ring is 1. The average Bonchev–Trinajstić information content (AvgIpc) is 3.06. The van der Waals surface area contributed by atoms with Gasteiger partial charge in [0.1, 0.15) is 23.5 Å². The molecular weight excluding hydrogens is 402 g/mol. The Morgan fingerprint density at radius 2 is 1.83 bits per heavy atom. The molecular formula is C21H25N5O3S. The number of hydrogen-bond acceptors (Lipinski definition) is 7. The average molecular weight is 428 g/mol. The number of phenols is 1. The molecule has 30 heavy (non-hydrogen) atoms. The molecule has 1 aliphatic heterocycles. The quantitative estimate of drug-likeness (QED) is 0.655. The minimum atomic E-state index is -2.84. The topological polar surface area (TPSA) is 114 Å². The van der Waals surface area contributed by atoms with Gasteiger partial charge >= 0.3 is 0 Å². The molecule has 0 amide bonds. The monoisotopic (exact) mass is 427 g/mol. The molecule has 0 spiro atoms. The van der Waals surface area contributed by atoms with Gasteiger partial charge in [-0.2, -0.15) is 0 Å². The molecule has 3 N–H and O–H groups in total. The summed E-state index contributed by atoms with van der Waals surface area (Å²) in [5.74, 6) is 1.69. The van der Waals surface area contributed by atoms with Gasteiger partial charge in [-0.05, 0) is 24.8 Å². The number of rotatable bonds is 4. The van der Waals surface area contributed by atoms with Crippen molar-refractivity contribution in [1.29, 1.82) is 0 Å². The van der Waals surface area contributed by atoms with Crippen LogP contribution in [0.2, 0.25) is 0 Å². The van der Waals surface area contributed by atoms with E-state index in [0.29, 0.717) is 36.4 Å². The zero-order valence-electron chi connectivity index (χ0n) is 16.6. The van der Waals surface area contributed by atoms with Crippen molar-refractivity contribution in [3.8, 4) is 16.9 Å². The fourth-order valence-electron chi connectivity index (χ4n) is 4.67. The predicted molar refractivity (Wildman–Crippen MR) is 116 cm³/mol. The summed E-state index contributed by atoms with van der Waals surface area (Å²) in [7, 11) is -2.84. The lowest BCUT2D eigenvalue weighted by atomic mass is 9.79. The Balaban J connectivity index is 1.38. The molecule has 1 aromatic carbocycles. The number of benzene rings is 1. The molecule has 2 aromatic heterocycles. The lowest BCUT2D eigenvalue weighted by Gasteiger charge is -2.40. The highest BCUT2D eigenvalue weighted by Crippen LogP contribution is 2.44. The van der Waals surface area contributed by atoms with E-state index in [2.05, 4.69) is 19.4 Å². The van der Waals surface area contributed by atoms with Gasteiger partial charge in [-0.1, -0.05) is 18.2 Å². The Morgan fingerprint density at radius 3 is 2.57 bits per heavy atom. The lowest BCUT2D eigenvalue weighted by Crippen LogP contribution is -2.44. The Bertz CT molecular complexity index is 1190. The van der Waals surface area contributed by atoms with Gasteiger partial charge in [-0.15, -0.1) is 0 Å². The van der Waals surface area contributed by atoms with Crippen LogP contribution in [0.4, 0.5) is 5.82 Å². The lowest BCUT2D eigenvalue weighted by molar-refractivity contribution is 0.136. The Labute approximate surface area is 175 Å². The first-order chi connectivity index (χ1) is 14.4. The highest BCUT2D eigenvalue weighted by Gasteiger charge is 2.34. The van der Waals surface area contributed by atoms with Crippen LogP contribution in [0.1, 0.15) is 18.9 Å². The van der Waals surface area contributed by atoms with E-state index in [0.717, 1.165) is 36.0 Å². The van der Waals surface area contributed by atoms with Crippen molar-refractivity contribution in [1.82, 2.24) is 19.4 Å². The van der Waals surface area contributed by atoms with Gasteiger partial charge in [0.05, 0.1) is 16.9 Å². The number of hydrogen-bond donors (Lipinski definition) is 2. The molecule has 1 saturated heterocycles. The standard InChI is InChI=1S/C21H25N5O3S/c22-20-19-17(16-3-1-2-4-18(16)27)12-26(21(19)24-13-23-20)15-9-14(10-15)11-25-5-7-30(28,29)8-6-25/h1-4,12-15,27H,5-11H2,(H2,22,23,24). The summed E-state index contributed by atoms with van der Waals surface area (Å²) in [6.45, 7) is 2.21. The van der Waals surface area contributed by atoms with E-state index in [1.165, 1.54) is 6.33 Å². The van der Waals surface area contributed by atoms with E-state index in [1.54, 1.807) is 12.1 Å². The van der Waals surface area contributed by atoms with E-state index >= 15 is 0 Å². The number of nitrogens with two attached hydrogens (primary N) is 1. The van der Waals surface area contributed by atoms with Gasteiger partial charge < -0.3 is 20.3 Å². The maximum absolute atomic E-state index is 11.6. The SMILES string of the molecule is Nc1ncnc2c1c(-c1ccccc1O)cn2C1CC(CN2CCS(=O)(=O)CC2)C1. The van der Waals surface area contributed by atoms with Gasteiger partial charge in [0.15, 0.2) is 9.84 Å². The number of aromatic hydroxyl groups is 1. The number of para-hydroxylation sites is 1. The second-order valence-corrected chi connectivity index (χ2v) is 10.7. The number of anilines is 1. The second kappa shape index (κ2) is 7.24. The maximum Gasteiger partial charge on any atom is 0.152 e. The van der Waals surface area contributed by atoms with E-state index in [9.17, 15) is 13.5 Å². The molecule has 3 aromatic rings. The first-order valence-corrected chi connectivity index (χ1v) is 12.1. The summed E-state index contributed by atoms with van der Waals surface area (Å²) in [5.41, 5.74) is 8.53. The fraction of sp³-hybridized carbons (Fsp3) is 0.429. The van der Waals surface area contributed by atoms with Crippen LogP contribution >= 0.6 is 0 Å². The van der Waals surface area contributed by atoms with Crippen molar-refractivity contribution >= 4 is 26.7 Å². The Kier molecular flexibility index (Phi) is 4.67. The van der Waals surface area contributed by atoms with Crippen molar-refractivity contribution in [2.24, 2.45) is 5.92 Å². The summed E-state index contributed by atoms with van der Waals surface area (Å²) in [6, 6.07) is 7.52. The minimum Gasteiger partial charge on any atom is -0.507 e. The molecule has 0 radical (unpaired) electrons. The number of phenolic OH excluding ortho intramolecular Hbond substituents is 1. The van der Waals surface area contributed by atoms with Crippen molar-refractivity contribution in [2.75, 3.05) is 36.9 Å². The smallest absolute Gasteiger partial charge is 0.152 e. The maximum atomic E-state index is 11.6. The molecule has 8 nitrogen and oxygen atoms in total. The first kappa shape index (κ1) is 19.3. The van der Waals surface area contributed by atoms with Gasteiger partial charge in [0.25, 0.3) is 0 Å². The van der Waals surface area contributed by atoms with Crippen molar-refractivity contribution in [3.63, 3.8) is 0 Å². The Hall–Kier alpha value is -2.65. The van der Waals surface area contributed by atoms with Crippen molar-refractivity contribution in [2.45, 2.75) is 18.9 Å². The zero-order valence-corrected chi connectivity index (χ0v) is 17.4. The molecule has 0 unspecified atom stereocenters. The third kappa shape index (κ3) is 3.41. The predicted octanol–water partition coefficient (Wildman–Crippen LogP) is 2.07. The summed E-state index contributed by atoms with van der Waals surface area (Å²) in [5, 5.41) is 11.1. The molecule has 2 aliphatic rings. The summed E-state index contributed by atoms with van der Waals surface area (Å²) < 4.78 is 25.4. The number of sulfone groups is 1. The minimum absolute atomic E-state index is 0.200. The third-order valence-corrected chi connectivity index (χ3v) is 8.00. The zero-order chi connectivity index (χ0) is 20.9. The molecule has 1 saturated carbocycles. The van der Waals surface area contributed by atoms with Crippen LogP contribution in [0.5, 0.6) is 5.75 Å². The van der Waals surface area contributed by atoms with Crippen LogP contribution in [0, 0.1) is 5.92 Å². The van der Waals surface area contributed by atoms with E-state index in [-0.39, 0.29) is 17.3 Å². The molecule has 1 aliphatic carbocycles. The molecule has 158 valence electrons. The molecule has 0 bridgehead atoms. The Morgan fingerprint density at radius 1 is 1.10 bits per heavy atom. The molecule has 5 rings (SSSR count).